The molecule has 11 heavy (non-hydrogen) atoms. The van der Waals surface area contributed by atoms with Crippen LogP contribution in [0.4, 0.5) is 0 Å². The van der Waals surface area contributed by atoms with E-state index in [4.69, 9.17) is 17.3 Å². The summed E-state index contributed by atoms with van der Waals surface area (Å²) in [5, 5.41) is 14.5. The number of rotatable bonds is 4. The van der Waals surface area contributed by atoms with Crippen LogP contribution in [0.3, 0.4) is 0 Å². The van der Waals surface area contributed by atoms with Crippen molar-refractivity contribution >= 4 is 17.3 Å². The lowest BCUT2D eigenvalue weighted by atomic mass is 10.6. The Labute approximate surface area is 71.8 Å². The topological polar surface area (TPSA) is 44.3 Å². The molecule has 0 saturated carbocycles. The van der Waals surface area contributed by atoms with Gasteiger partial charge in [0.25, 0.3) is 0 Å². The van der Waals surface area contributed by atoms with Crippen LogP contribution in [-0.2, 0) is 0 Å². The monoisotopic (exact) mass is 172 g/mol. The van der Waals surface area contributed by atoms with Gasteiger partial charge in [-0.1, -0.05) is 6.08 Å². The Bertz CT molecular complexity index is 157. The van der Waals surface area contributed by atoms with Gasteiger partial charge in [0.15, 0.2) is 5.11 Å². The molecule has 0 aliphatic carbocycles. The highest BCUT2D eigenvalue weighted by molar-refractivity contribution is 7.80. The summed E-state index contributed by atoms with van der Waals surface area (Å²) in [7, 11) is 0. The van der Waals surface area contributed by atoms with Gasteiger partial charge in [0.1, 0.15) is 0 Å². The fourth-order valence-electron chi connectivity index (χ4n) is 0.432. The summed E-state index contributed by atoms with van der Waals surface area (Å²) < 4.78 is 0. The third kappa shape index (κ3) is 6.86. The van der Waals surface area contributed by atoms with Gasteiger partial charge in [0.05, 0.1) is 6.26 Å². The summed E-state index contributed by atoms with van der Waals surface area (Å²) >= 11 is 4.85. The average molecular weight is 172 g/mol. The fourth-order valence-corrected chi connectivity index (χ4v) is 0.598. The van der Waals surface area contributed by atoms with Crippen molar-refractivity contribution in [2.24, 2.45) is 0 Å². The Kier molecular flexibility index (Phi) is 6.42. The minimum absolute atomic E-state index is 0.527. The van der Waals surface area contributed by atoms with Gasteiger partial charge in [-0.05, 0) is 18.3 Å². The molecule has 0 atom stereocenters. The van der Waals surface area contributed by atoms with Crippen molar-refractivity contribution in [3.8, 4) is 0 Å². The SMILES string of the molecule is C=CCNC(=S)NCC=CO. The van der Waals surface area contributed by atoms with Crippen LogP contribution in [0, 0.1) is 0 Å². The molecular weight excluding hydrogens is 160 g/mol. The van der Waals surface area contributed by atoms with E-state index in [9.17, 15) is 0 Å². The van der Waals surface area contributed by atoms with Crippen LogP contribution < -0.4 is 10.6 Å². The number of hydrogen-bond donors (Lipinski definition) is 3. The molecule has 0 bridgehead atoms. The number of nitrogens with one attached hydrogen (secondary N) is 2. The van der Waals surface area contributed by atoms with E-state index in [1.807, 2.05) is 0 Å². The van der Waals surface area contributed by atoms with Crippen molar-refractivity contribution in [1.82, 2.24) is 10.6 Å². The molecule has 0 fully saturated rings. The van der Waals surface area contributed by atoms with E-state index < -0.39 is 0 Å². The molecule has 0 aliphatic rings. The molecule has 0 rings (SSSR count). The van der Waals surface area contributed by atoms with Crippen molar-refractivity contribution in [3.05, 3.63) is 25.0 Å². The molecule has 4 heteroatoms. The zero-order chi connectivity index (χ0) is 8.53. The van der Waals surface area contributed by atoms with E-state index in [1.54, 1.807) is 12.2 Å². The number of thiocarbonyl (C=S) groups is 1. The first-order chi connectivity index (χ1) is 5.31. The first-order valence-corrected chi connectivity index (χ1v) is 3.64. The van der Waals surface area contributed by atoms with E-state index in [0.29, 0.717) is 18.2 Å². The van der Waals surface area contributed by atoms with Gasteiger partial charge >= 0.3 is 0 Å². The highest BCUT2D eigenvalue weighted by Crippen LogP contribution is 1.69. The standard InChI is InChI=1S/C7H12N2OS/c1-2-4-8-7(11)9-5-3-6-10/h2-3,6,10H,1,4-5H2,(H2,8,9,11). The molecule has 0 unspecified atom stereocenters. The third-order valence-electron chi connectivity index (χ3n) is 0.893. The van der Waals surface area contributed by atoms with Crippen LogP contribution in [-0.4, -0.2) is 23.3 Å². The van der Waals surface area contributed by atoms with Crippen molar-refractivity contribution < 1.29 is 5.11 Å². The predicted molar refractivity (Wildman–Crippen MR) is 50.6 cm³/mol. The van der Waals surface area contributed by atoms with E-state index in [1.165, 1.54) is 0 Å². The Morgan fingerprint density at radius 3 is 2.64 bits per heavy atom. The minimum atomic E-state index is 0.527. The maximum Gasteiger partial charge on any atom is 0.166 e. The van der Waals surface area contributed by atoms with Crippen LogP contribution >= 0.6 is 12.2 Å². The molecule has 0 aromatic heterocycles. The van der Waals surface area contributed by atoms with Gasteiger partial charge in [0.2, 0.25) is 0 Å². The van der Waals surface area contributed by atoms with Gasteiger partial charge in [-0.2, -0.15) is 0 Å². The molecule has 0 saturated heterocycles. The fraction of sp³-hybridized carbons (Fsp3) is 0.286. The van der Waals surface area contributed by atoms with Crippen molar-refractivity contribution in [2.45, 2.75) is 0 Å². The van der Waals surface area contributed by atoms with Crippen LogP contribution in [0.5, 0.6) is 0 Å². The van der Waals surface area contributed by atoms with Crippen molar-refractivity contribution in [1.29, 1.82) is 0 Å². The number of hydrogen-bond acceptors (Lipinski definition) is 2. The Morgan fingerprint density at radius 1 is 1.45 bits per heavy atom. The lowest BCUT2D eigenvalue weighted by Crippen LogP contribution is -2.35. The highest BCUT2D eigenvalue weighted by Gasteiger charge is 1.87. The maximum atomic E-state index is 8.25. The summed E-state index contributed by atoms with van der Waals surface area (Å²) in [5.74, 6) is 0. The Morgan fingerprint density at radius 2 is 2.09 bits per heavy atom. The molecular formula is C7H12N2OS. The molecule has 0 spiro atoms. The predicted octanol–water partition coefficient (Wildman–Crippen LogP) is 0.708. The molecule has 62 valence electrons. The molecule has 0 radical (unpaired) electrons. The first kappa shape index (κ1) is 9.97. The van der Waals surface area contributed by atoms with E-state index in [2.05, 4.69) is 17.2 Å². The largest absolute Gasteiger partial charge is 0.516 e. The lowest BCUT2D eigenvalue weighted by molar-refractivity contribution is 0.471. The molecule has 0 amide bonds. The lowest BCUT2D eigenvalue weighted by Gasteiger charge is -2.05. The van der Waals surface area contributed by atoms with E-state index in [-0.39, 0.29) is 0 Å². The van der Waals surface area contributed by atoms with E-state index in [0.717, 1.165) is 6.26 Å². The normalized spacial score (nSPS) is 9.45. The molecule has 3 N–H and O–H groups in total. The first-order valence-electron chi connectivity index (χ1n) is 3.23. The Balaban J connectivity index is 3.29. The molecule has 0 heterocycles. The van der Waals surface area contributed by atoms with Crippen molar-refractivity contribution in [3.63, 3.8) is 0 Å². The van der Waals surface area contributed by atoms with Gasteiger partial charge < -0.3 is 15.7 Å². The van der Waals surface area contributed by atoms with Gasteiger partial charge in [-0.3, -0.25) is 0 Å². The molecule has 0 aromatic carbocycles. The summed E-state index contributed by atoms with van der Waals surface area (Å²) in [6.45, 7) is 4.70. The molecule has 0 aliphatic heterocycles. The highest BCUT2D eigenvalue weighted by atomic mass is 32.1. The number of aliphatic hydroxyl groups excluding tert-OH is 1. The summed E-state index contributed by atoms with van der Waals surface area (Å²) in [6, 6.07) is 0. The minimum Gasteiger partial charge on any atom is -0.516 e. The summed E-state index contributed by atoms with van der Waals surface area (Å²) in [5.41, 5.74) is 0. The van der Waals surface area contributed by atoms with Crippen molar-refractivity contribution in [2.75, 3.05) is 13.1 Å². The van der Waals surface area contributed by atoms with Gasteiger partial charge in [-0.25, -0.2) is 0 Å². The summed E-state index contributed by atoms with van der Waals surface area (Å²) in [6.07, 6.45) is 4.25. The van der Waals surface area contributed by atoms with Crippen LogP contribution in [0.15, 0.2) is 25.0 Å². The van der Waals surface area contributed by atoms with Gasteiger partial charge in [-0.15, -0.1) is 6.58 Å². The second-order valence-electron chi connectivity index (χ2n) is 1.76. The summed E-state index contributed by atoms with van der Waals surface area (Å²) in [4.78, 5) is 0. The van der Waals surface area contributed by atoms with Crippen LogP contribution in [0.2, 0.25) is 0 Å². The quantitative estimate of drug-likeness (QED) is 0.332. The maximum absolute atomic E-state index is 8.25. The van der Waals surface area contributed by atoms with E-state index >= 15 is 0 Å². The molecule has 3 nitrogen and oxygen atoms in total. The second kappa shape index (κ2) is 7.08. The zero-order valence-electron chi connectivity index (χ0n) is 6.21. The third-order valence-corrected chi connectivity index (χ3v) is 1.18. The second-order valence-corrected chi connectivity index (χ2v) is 2.17. The zero-order valence-corrected chi connectivity index (χ0v) is 7.03. The smallest absolute Gasteiger partial charge is 0.166 e. The van der Waals surface area contributed by atoms with Gasteiger partial charge in [0, 0.05) is 13.1 Å². The average Bonchev–Trinajstić information content (AvgIpc) is 2.01. The Hall–Kier alpha value is -1.03. The molecule has 0 aromatic rings. The number of aliphatic hydroxyl groups is 1. The van der Waals surface area contributed by atoms with Crippen LogP contribution in [0.1, 0.15) is 0 Å². The van der Waals surface area contributed by atoms with Crippen LogP contribution in [0.25, 0.3) is 0 Å².